The lowest BCUT2D eigenvalue weighted by Gasteiger charge is -2.26. The van der Waals surface area contributed by atoms with Gasteiger partial charge in [0.2, 0.25) is 0 Å². The van der Waals surface area contributed by atoms with Crippen molar-refractivity contribution in [2.24, 2.45) is 5.92 Å². The van der Waals surface area contributed by atoms with Gasteiger partial charge in [0.15, 0.2) is 0 Å². The Bertz CT molecular complexity index is 1050. The molecule has 2 amide bonds. The summed E-state index contributed by atoms with van der Waals surface area (Å²) in [4.78, 5) is 28.3. The van der Waals surface area contributed by atoms with E-state index in [1.807, 2.05) is 31.2 Å². The number of morpholine rings is 1. The monoisotopic (exact) mass is 463 g/mol. The Morgan fingerprint density at radius 3 is 2.59 bits per heavy atom. The SMILES string of the molecule is CNC(=O)c1cc(C(=O)NC2C[C@H]2CCN2CCOCC2)cc2c1O[C@H](C)[C@H]2c1ccccc1. The van der Waals surface area contributed by atoms with Crippen LogP contribution in [0.4, 0.5) is 0 Å². The van der Waals surface area contributed by atoms with E-state index < -0.39 is 0 Å². The van der Waals surface area contributed by atoms with E-state index in [-0.39, 0.29) is 29.9 Å². The fourth-order valence-electron chi connectivity index (χ4n) is 5.23. The summed E-state index contributed by atoms with van der Waals surface area (Å²) in [6, 6.07) is 13.9. The summed E-state index contributed by atoms with van der Waals surface area (Å²) in [5.41, 5.74) is 2.93. The number of ether oxygens (including phenoxy) is 2. The lowest BCUT2D eigenvalue weighted by molar-refractivity contribution is 0.0367. The first kappa shape index (κ1) is 22.9. The quantitative estimate of drug-likeness (QED) is 0.660. The second-order valence-corrected chi connectivity index (χ2v) is 9.55. The molecule has 7 nitrogen and oxygen atoms in total. The van der Waals surface area contributed by atoms with Crippen molar-refractivity contribution in [3.8, 4) is 5.75 Å². The molecule has 1 saturated carbocycles. The van der Waals surface area contributed by atoms with Crippen LogP contribution in [0, 0.1) is 5.92 Å². The molecule has 1 unspecified atom stereocenters. The highest BCUT2D eigenvalue weighted by atomic mass is 16.5. The third-order valence-corrected chi connectivity index (χ3v) is 7.28. The van der Waals surface area contributed by atoms with Gasteiger partial charge in [-0.25, -0.2) is 0 Å². The van der Waals surface area contributed by atoms with Crippen LogP contribution in [-0.4, -0.2) is 68.8 Å². The van der Waals surface area contributed by atoms with Crippen molar-refractivity contribution in [2.45, 2.75) is 37.8 Å². The molecule has 0 aromatic heterocycles. The maximum absolute atomic E-state index is 13.2. The van der Waals surface area contributed by atoms with E-state index in [0.717, 1.165) is 56.8 Å². The van der Waals surface area contributed by atoms with Gasteiger partial charge in [-0.05, 0) is 49.9 Å². The number of nitrogens with one attached hydrogen (secondary N) is 2. The molecule has 0 radical (unpaired) electrons. The molecule has 0 bridgehead atoms. The molecule has 1 aliphatic carbocycles. The summed E-state index contributed by atoms with van der Waals surface area (Å²) in [6.45, 7) is 6.66. The number of carbonyl (C=O) groups excluding carboxylic acids is 2. The van der Waals surface area contributed by atoms with Crippen LogP contribution < -0.4 is 15.4 Å². The maximum atomic E-state index is 13.2. The lowest BCUT2D eigenvalue weighted by atomic mass is 9.87. The molecule has 2 N–H and O–H groups in total. The van der Waals surface area contributed by atoms with Crippen LogP contribution in [-0.2, 0) is 4.74 Å². The molecule has 180 valence electrons. The summed E-state index contributed by atoms with van der Waals surface area (Å²) in [5.74, 6) is 0.682. The zero-order valence-corrected chi connectivity index (χ0v) is 19.9. The van der Waals surface area contributed by atoms with Crippen LogP contribution in [0.15, 0.2) is 42.5 Å². The average molecular weight is 464 g/mol. The number of hydrogen-bond acceptors (Lipinski definition) is 5. The molecule has 2 aromatic rings. The summed E-state index contributed by atoms with van der Waals surface area (Å²) in [6.07, 6.45) is 1.96. The van der Waals surface area contributed by atoms with E-state index in [9.17, 15) is 9.59 Å². The predicted octanol–water partition coefficient (Wildman–Crippen LogP) is 2.80. The van der Waals surface area contributed by atoms with Crippen molar-refractivity contribution in [1.82, 2.24) is 15.5 Å². The molecule has 4 atom stereocenters. The number of benzene rings is 2. The predicted molar refractivity (Wildman–Crippen MR) is 129 cm³/mol. The number of fused-ring (bicyclic) bond motifs is 1. The van der Waals surface area contributed by atoms with Gasteiger partial charge in [-0.2, -0.15) is 0 Å². The molecule has 3 aliphatic rings. The second kappa shape index (κ2) is 9.76. The topological polar surface area (TPSA) is 79.9 Å². The average Bonchev–Trinajstić information content (AvgIpc) is 3.52. The number of nitrogens with zero attached hydrogens (tertiary/aromatic N) is 1. The Morgan fingerprint density at radius 2 is 1.85 bits per heavy atom. The lowest BCUT2D eigenvalue weighted by Crippen LogP contribution is -2.37. The van der Waals surface area contributed by atoms with Crippen molar-refractivity contribution in [1.29, 1.82) is 0 Å². The maximum Gasteiger partial charge on any atom is 0.254 e. The standard InChI is InChI=1S/C27H33N3O4/c1-17-24(18-6-4-3-5-7-18)21-14-20(15-22(25(21)34-17)27(32)28-2)26(31)29-23-16-19(23)8-9-30-10-12-33-13-11-30/h3-7,14-15,17,19,23-24H,8-13,16H2,1-2H3,(H,28,32)(H,29,31)/t17-,19-,23?,24+/m1/s1. The minimum absolute atomic E-state index is 0.0328. The Balaban J connectivity index is 1.32. The van der Waals surface area contributed by atoms with Gasteiger partial charge >= 0.3 is 0 Å². The van der Waals surface area contributed by atoms with E-state index in [1.54, 1.807) is 13.1 Å². The highest BCUT2D eigenvalue weighted by molar-refractivity contribution is 6.02. The molecule has 2 fully saturated rings. The van der Waals surface area contributed by atoms with Crippen molar-refractivity contribution in [2.75, 3.05) is 39.9 Å². The molecule has 2 aliphatic heterocycles. The van der Waals surface area contributed by atoms with Crippen LogP contribution in [0.3, 0.4) is 0 Å². The van der Waals surface area contributed by atoms with Gasteiger partial charge in [0, 0.05) is 43.2 Å². The Hall–Kier alpha value is -2.90. The third kappa shape index (κ3) is 4.68. The number of amides is 2. The molecule has 5 rings (SSSR count). The number of carbonyl (C=O) groups is 2. The largest absolute Gasteiger partial charge is 0.489 e. The van der Waals surface area contributed by atoms with Gasteiger partial charge in [-0.3, -0.25) is 14.5 Å². The highest BCUT2D eigenvalue weighted by Gasteiger charge is 2.40. The normalized spacial score (nSPS) is 25.8. The smallest absolute Gasteiger partial charge is 0.254 e. The minimum Gasteiger partial charge on any atom is -0.489 e. The van der Waals surface area contributed by atoms with Crippen LogP contribution in [0.25, 0.3) is 0 Å². The first-order chi connectivity index (χ1) is 16.5. The summed E-state index contributed by atoms with van der Waals surface area (Å²) >= 11 is 0. The zero-order valence-electron chi connectivity index (χ0n) is 19.9. The van der Waals surface area contributed by atoms with Crippen molar-refractivity contribution < 1.29 is 19.1 Å². The van der Waals surface area contributed by atoms with Gasteiger partial charge in [0.05, 0.1) is 18.8 Å². The van der Waals surface area contributed by atoms with Crippen LogP contribution in [0.1, 0.15) is 57.5 Å². The van der Waals surface area contributed by atoms with E-state index in [4.69, 9.17) is 9.47 Å². The van der Waals surface area contributed by atoms with E-state index in [1.165, 1.54) is 0 Å². The van der Waals surface area contributed by atoms with Crippen LogP contribution >= 0.6 is 0 Å². The number of hydrogen-bond donors (Lipinski definition) is 2. The first-order valence-electron chi connectivity index (χ1n) is 12.3. The Kier molecular flexibility index (Phi) is 6.57. The van der Waals surface area contributed by atoms with Crippen molar-refractivity contribution in [3.05, 3.63) is 64.7 Å². The van der Waals surface area contributed by atoms with Gasteiger partial charge < -0.3 is 20.1 Å². The first-order valence-corrected chi connectivity index (χ1v) is 12.3. The molecular weight excluding hydrogens is 430 g/mol. The van der Waals surface area contributed by atoms with Gasteiger partial charge in [-0.15, -0.1) is 0 Å². The summed E-state index contributed by atoms with van der Waals surface area (Å²) in [5, 5.41) is 5.88. The minimum atomic E-state index is -0.248. The van der Waals surface area contributed by atoms with E-state index >= 15 is 0 Å². The third-order valence-electron chi connectivity index (χ3n) is 7.28. The van der Waals surface area contributed by atoms with Gasteiger partial charge in [0.1, 0.15) is 11.9 Å². The highest BCUT2D eigenvalue weighted by Crippen LogP contribution is 2.45. The fourth-order valence-corrected chi connectivity index (χ4v) is 5.23. The van der Waals surface area contributed by atoms with Gasteiger partial charge in [0.25, 0.3) is 11.8 Å². The van der Waals surface area contributed by atoms with Crippen molar-refractivity contribution >= 4 is 11.8 Å². The van der Waals surface area contributed by atoms with Gasteiger partial charge in [-0.1, -0.05) is 30.3 Å². The molecule has 1 saturated heterocycles. The molecule has 7 heteroatoms. The second-order valence-electron chi connectivity index (χ2n) is 9.55. The van der Waals surface area contributed by atoms with E-state index in [2.05, 4.69) is 27.7 Å². The Labute approximate surface area is 200 Å². The zero-order chi connectivity index (χ0) is 23.7. The summed E-state index contributed by atoms with van der Waals surface area (Å²) < 4.78 is 11.6. The molecular formula is C27H33N3O4. The molecule has 2 aromatic carbocycles. The van der Waals surface area contributed by atoms with E-state index in [0.29, 0.717) is 22.8 Å². The molecule has 0 spiro atoms. The fraction of sp³-hybridized carbons (Fsp3) is 0.481. The summed E-state index contributed by atoms with van der Waals surface area (Å²) in [7, 11) is 1.60. The molecule has 2 heterocycles. The number of rotatable bonds is 7. The van der Waals surface area contributed by atoms with Crippen molar-refractivity contribution in [3.63, 3.8) is 0 Å². The van der Waals surface area contributed by atoms with Crippen LogP contribution in [0.5, 0.6) is 5.75 Å². The Morgan fingerprint density at radius 1 is 1.09 bits per heavy atom. The van der Waals surface area contributed by atoms with Crippen LogP contribution in [0.2, 0.25) is 0 Å². The molecule has 34 heavy (non-hydrogen) atoms.